The van der Waals surface area contributed by atoms with Gasteiger partial charge in [-0.25, -0.2) is 9.18 Å². The molecule has 0 saturated heterocycles. The largest absolute Gasteiger partial charge is 0.462 e. The summed E-state index contributed by atoms with van der Waals surface area (Å²) in [6.07, 6.45) is 20.2. The monoisotopic (exact) mass is 526 g/mol. The zero-order chi connectivity index (χ0) is 26.9. The van der Waals surface area contributed by atoms with Gasteiger partial charge in [0.25, 0.3) is 0 Å². The summed E-state index contributed by atoms with van der Waals surface area (Å²) in [6, 6.07) is 6.11. The van der Waals surface area contributed by atoms with Crippen LogP contribution in [0.5, 0.6) is 0 Å². The number of hydrogen-bond donors (Lipinski definition) is 1. The molecule has 212 valence electrons. The fourth-order valence-electron chi connectivity index (χ4n) is 7.68. The second-order valence-electron chi connectivity index (χ2n) is 12.7. The van der Waals surface area contributed by atoms with E-state index < -0.39 is 5.97 Å². The smallest absolute Gasteiger partial charge is 0.335 e. The number of ether oxygens (including phenoxy) is 1. The quantitative estimate of drug-likeness (QED) is 0.178. The Morgan fingerprint density at radius 3 is 2.11 bits per heavy atom. The van der Waals surface area contributed by atoms with Crippen molar-refractivity contribution in [3.05, 3.63) is 47.3 Å². The van der Waals surface area contributed by atoms with Crippen LogP contribution in [0.25, 0.3) is 0 Å². The summed E-state index contributed by atoms with van der Waals surface area (Å²) in [5.41, 5.74) is 2.16. The summed E-state index contributed by atoms with van der Waals surface area (Å²) in [5.74, 6) is 3.33. The maximum absolute atomic E-state index is 15.3. The molecule has 0 spiro atoms. The van der Waals surface area contributed by atoms with Gasteiger partial charge in [0.1, 0.15) is 5.82 Å². The van der Waals surface area contributed by atoms with Crippen molar-refractivity contribution in [3.8, 4) is 0 Å². The van der Waals surface area contributed by atoms with Gasteiger partial charge in [-0.2, -0.15) is 0 Å². The van der Waals surface area contributed by atoms with Gasteiger partial charge >= 0.3 is 5.97 Å². The third-order valence-electron chi connectivity index (χ3n) is 10.3. The van der Waals surface area contributed by atoms with Crippen molar-refractivity contribution in [1.29, 1.82) is 0 Å². The lowest BCUT2D eigenvalue weighted by Crippen LogP contribution is -2.25. The number of esters is 1. The van der Waals surface area contributed by atoms with Crippen molar-refractivity contribution in [1.82, 2.24) is 0 Å². The van der Waals surface area contributed by atoms with Gasteiger partial charge in [0.15, 0.2) is 0 Å². The highest BCUT2D eigenvalue weighted by Crippen LogP contribution is 2.45. The molecule has 0 amide bonds. The van der Waals surface area contributed by atoms with E-state index in [1.807, 2.05) is 6.07 Å². The number of aliphatic hydroxyl groups is 1. The van der Waals surface area contributed by atoms with E-state index in [0.29, 0.717) is 18.4 Å². The molecule has 3 nitrogen and oxygen atoms in total. The standard InChI is InChI=1S/C34H51FO3/c1-3-4-5-6-25-7-11-27(12-8-25)28-15-17-29(18-16-28)31-19-20-32(33(35)21-31)30-13-9-26(10-14-30)23-38-34(37)24(2)22-36/h19-21,25-30,36H,2-18,22-23H2,1H3. The first-order valence-corrected chi connectivity index (χ1v) is 15.7. The highest BCUT2D eigenvalue weighted by atomic mass is 19.1. The lowest BCUT2D eigenvalue weighted by atomic mass is 9.68. The molecule has 0 aliphatic heterocycles. The van der Waals surface area contributed by atoms with E-state index in [-0.39, 0.29) is 23.9 Å². The lowest BCUT2D eigenvalue weighted by molar-refractivity contribution is -0.141. The third-order valence-corrected chi connectivity index (χ3v) is 10.3. The number of aliphatic hydroxyl groups excluding tert-OH is 1. The lowest BCUT2D eigenvalue weighted by Gasteiger charge is -2.38. The molecule has 0 unspecified atom stereocenters. The third kappa shape index (κ3) is 7.93. The average Bonchev–Trinajstić information content (AvgIpc) is 2.96. The van der Waals surface area contributed by atoms with Crippen molar-refractivity contribution in [2.24, 2.45) is 23.7 Å². The van der Waals surface area contributed by atoms with Crippen molar-refractivity contribution < 1.29 is 19.0 Å². The second-order valence-corrected chi connectivity index (χ2v) is 12.7. The van der Waals surface area contributed by atoms with E-state index in [0.717, 1.165) is 49.0 Å². The van der Waals surface area contributed by atoms with Crippen LogP contribution in [0.2, 0.25) is 0 Å². The first-order chi connectivity index (χ1) is 18.5. The Morgan fingerprint density at radius 1 is 0.895 bits per heavy atom. The topological polar surface area (TPSA) is 46.5 Å². The Bertz CT molecular complexity index is 887. The van der Waals surface area contributed by atoms with Crippen LogP contribution in [-0.4, -0.2) is 24.3 Å². The predicted molar refractivity (Wildman–Crippen MR) is 153 cm³/mol. The Labute approximate surface area is 230 Å². The molecule has 4 rings (SSSR count). The normalized spacial score (nSPS) is 30.1. The Kier molecular flexibility index (Phi) is 11.3. The van der Waals surface area contributed by atoms with E-state index in [2.05, 4.69) is 25.6 Å². The molecular weight excluding hydrogens is 475 g/mol. The van der Waals surface area contributed by atoms with Gasteiger partial charge in [-0.1, -0.05) is 64.2 Å². The molecule has 0 aromatic heterocycles. The van der Waals surface area contributed by atoms with Crippen LogP contribution in [0.4, 0.5) is 4.39 Å². The molecule has 0 heterocycles. The molecular formula is C34H51FO3. The Morgan fingerprint density at radius 2 is 1.50 bits per heavy atom. The highest BCUT2D eigenvalue weighted by Gasteiger charge is 2.32. The summed E-state index contributed by atoms with van der Waals surface area (Å²) >= 11 is 0. The van der Waals surface area contributed by atoms with Crippen molar-refractivity contribution >= 4 is 5.97 Å². The summed E-state index contributed by atoms with van der Waals surface area (Å²) in [7, 11) is 0. The van der Waals surface area contributed by atoms with Gasteiger partial charge in [-0.3, -0.25) is 0 Å². The fraction of sp³-hybridized carbons (Fsp3) is 0.735. The number of hydrogen-bond acceptors (Lipinski definition) is 3. The summed E-state index contributed by atoms with van der Waals surface area (Å²) in [4.78, 5) is 11.7. The number of rotatable bonds is 11. The van der Waals surface area contributed by atoms with Crippen LogP contribution in [-0.2, 0) is 9.53 Å². The van der Waals surface area contributed by atoms with Crippen molar-refractivity contribution in [2.45, 2.75) is 121 Å². The molecule has 3 saturated carbocycles. The zero-order valence-electron chi connectivity index (χ0n) is 23.8. The van der Waals surface area contributed by atoms with Crippen LogP contribution in [0, 0.1) is 29.5 Å². The van der Waals surface area contributed by atoms with Gasteiger partial charge in [0, 0.05) is 0 Å². The Hall–Kier alpha value is -1.68. The van der Waals surface area contributed by atoms with Gasteiger partial charge in [-0.05, 0) is 117 Å². The fourth-order valence-corrected chi connectivity index (χ4v) is 7.68. The van der Waals surface area contributed by atoms with Gasteiger partial charge in [0.05, 0.1) is 18.8 Å². The van der Waals surface area contributed by atoms with Crippen LogP contribution in [0.3, 0.4) is 0 Å². The van der Waals surface area contributed by atoms with Crippen LogP contribution in [0.1, 0.15) is 133 Å². The van der Waals surface area contributed by atoms with Gasteiger partial charge in [0.2, 0.25) is 0 Å². The first kappa shape index (κ1) is 29.3. The minimum atomic E-state index is -0.518. The van der Waals surface area contributed by atoms with Crippen LogP contribution in [0.15, 0.2) is 30.4 Å². The van der Waals surface area contributed by atoms with E-state index in [9.17, 15) is 4.79 Å². The summed E-state index contributed by atoms with van der Waals surface area (Å²) < 4.78 is 20.6. The number of unbranched alkanes of at least 4 members (excludes halogenated alkanes) is 2. The molecule has 1 aromatic carbocycles. The molecule has 0 radical (unpaired) electrons. The average molecular weight is 527 g/mol. The molecule has 3 fully saturated rings. The predicted octanol–water partition coefficient (Wildman–Crippen LogP) is 8.85. The minimum Gasteiger partial charge on any atom is -0.462 e. The van der Waals surface area contributed by atoms with E-state index in [4.69, 9.17) is 9.84 Å². The number of carbonyl (C=O) groups is 1. The minimum absolute atomic E-state index is 0.0276. The number of halogens is 1. The SMILES string of the molecule is C=C(CO)C(=O)OCC1CCC(c2ccc(C3CCC(C4CCC(CCCCC)CC4)CC3)cc2F)CC1. The molecule has 0 atom stereocenters. The molecule has 1 aromatic rings. The molecule has 38 heavy (non-hydrogen) atoms. The van der Waals surface area contributed by atoms with Gasteiger partial charge in [-0.15, -0.1) is 0 Å². The van der Waals surface area contributed by atoms with Gasteiger partial charge < -0.3 is 9.84 Å². The second kappa shape index (κ2) is 14.6. The van der Waals surface area contributed by atoms with Crippen LogP contribution < -0.4 is 0 Å². The van der Waals surface area contributed by atoms with E-state index in [1.54, 1.807) is 0 Å². The van der Waals surface area contributed by atoms with E-state index in [1.165, 1.54) is 82.6 Å². The highest BCUT2D eigenvalue weighted by molar-refractivity contribution is 5.87. The maximum atomic E-state index is 15.3. The van der Waals surface area contributed by atoms with Crippen LogP contribution >= 0.6 is 0 Å². The zero-order valence-corrected chi connectivity index (χ0v) is 23.8. The van der Waals surface area contributed by atoms with E-state index >= 15 is 4.39 Å². The maximum Gasteiger partial charge on any atom is 0.335 e. The first-order valence-electron chi connectivity index (χ1n) is 15.7. The summed E-state index contributed by atoms with van der Waals surface area (Å²) in [5, 5.41) is 9.00. The molecule has 1 N–H and O–H groups in total. The number of benzene rings is 1. The Balaban J connectivity index is 1.20. The molecule has 3 aliphatic carbocycles. The van der Waals surface area contributed by atoms with Crippen molar-refractivity contribution in [3.63, 3.8) is 0 Å². The molecule has 4 heteroatoms. The molecule has 3 aliphatic rings. The number of carbonyl (C=O) groups excluding carboxylic acids is 1. The van der Waals surface area contributed by atoms with Crippen molar-refractivity contribution in [2.75, 3.05) is 13.2 Å². The molecule has 0 bridgehead atoms. The summed E-state index contributed by atoms with van der Waals surface area (Å²) in [6.45, 7) is 5.79.